The summed E-state index contributed by atoms with van der Waals surface area (Å²) in [5.41, 5.74) is 2.72. The van der Waals surface area contributed by atoms with Gasteiger partial charge in [-0.15, -0.1) is 0 Å². The maximum Gasteiger partial charge on any atom is 0.318 e. The molecular formula is C21H26Cl2N4O3. The second-order valence-electron chi connectivity index (χ2n) is 7.55. The van der Waals surface area contributed by atoms with Gasteiger partial charge in [0.25, 0.3) is 0 Å². The predicted molar refractivity (Wildman–Crippen MR) is 116 cm³/mol. The molecule has 0 radical (unpaired) electrons. The molecule has 30 heavy (non-hydrogen) atoms. The number of carbonyl (C=O) groups is 1. The minimum absolute atomic E-state index is 0.0879. The Balaban J connectivity index is 1.70. The van der Waals surface area contributed by atoms with Crippen LogP contribution in [-0.4, -0.2) is 52.9 Å². The Labute approximate surface area is 186 Å². The number of carbonyl (C=O) groups excluding carboxylic acids is 1. The van der Waals surface area contributed by atoms with Crippen molar-refractivity contribution in [2.75, 3.05) is 26.9 Å². The van der Waals surface area contributed by atoms with Crippen molar-refractivity contribution in [2.24, 2.45) is 5.92 Å². The summed E-state index contributed by atoms with van der Waals surface area (Å²) in [6.07, 6.45) is 3.13. The van der Waals surface area contributed by atoms with Gasteiger partial charge in [0, 0.05) is 32.9 Å². The summed E-state index contributed by atoms with van der Waals surface area (Å²) in [5, 5.41) is 13.2. The Hall–Kier alpha value is -1.93. The van der Waals surface area contributed by atoms with Gasteiger partial charge in [0.1, 0.15) is 5.82 Å². The van der Waals surface area contributed by atoms with E-state index in [-0.39, 0.29) is 24.6 Å². The third kappa shape index (κ3) is 5.60. The molecule has 1 aromatic heterocycles. The van der Waals surface area contributed by atoms with Crippen LogP contribution in [0.1, 0.15) is 35.6 Å². The van der Waals surface area contributed by atoms with Crippen LogP contribution in [0.25, 0.3) is 0 Å². The van der Waals surface area contributed by atoms with Gasteiger partial charge in [-0.25, -0.2) is 14.8 Å². The smallest absolute Gasteiger partial charge is 0.318 e. The fourth-order valence-corrected chi connectivity index (χ4v) is 3.66. The molecule has 0 saturated carbocycles. The van der Waals surface area contributed by atoms with E-state index >= 15 is 0 Å². The second-order valence-corrected chi connectivity index (χ2v) is 8.37. The Morgan fingerprint density at radius 1 is 1.37 bits per heavy atom. The number of halogens is 2. The number of ether oxygens (including phenoxy) is 1. The van der Waals surface area contributed by atoms with Crippen molar-refractivity contribution in [1.29, 1.82) is 0 Å². The molecule has 2 atom stereocenters. The van der Waals surface area contributed by atoms with Gasteiger partial charge in [-0.2, -0.15) is 0 Å². The maximum absolute atomic E-state index is 13.0. The molecule has 0 fully saturated rings. The number of hydrogen-bond acceptors (Lipinski definition) is 5. The van der Waals surface area contributed by atoms with Gasteiger partial charge in [-0.05, 0) is 35.6 Å². The number of aliphatic hydroxyl groups excluding tert-OH is 1. The first-order valence-electron chi connectivity index (χ1n) is 9.85. The molecule has 1 aromatic carbocycles. The molecule has 1 aliphatic rings. The average Bonchev–Trinajstić information content (AvgIpc) is 2.74. The van der Waals surface area contributed by atoms with Gasteiger partial charge in [-0.3, -0.25) is 0 Å². The van der Waals surface area contributed by atoms with E-state index in [1.165, 1.54) is 0 Å². The van der Waals surface area contributed by atoms with Gasteiger partial charge < -0.3 is 20.1 Å². The summed E-state index contributed by atoms with van der Waals surface area (Å²) >= 11 is 12.1. The SMILES string of the molecule is COC[C@@H](NC(=O)N1CCc2cnc(C[C@@H](C)CO)nc2C1)c1ccc(Cl)c(Cl)c1. The number of urea groups is 1. The molecule has 162 valence electrons. The van der Waals surface area contributed by atoms with E-state index in [0.29, 0.717) is 48.4 Å². The van der Waals surface area contributed by atoms with Gasteiger partial charge in [0.05, 0.1) is 34.9 Å². The highest BCUT2D eigenvalue weighted by Gasteiger charge is 2.25. The monoisotopic (exact) mass is 452 g/mol. The van der Waals surface area contributed by atoms with Crippen molar-refractivity contribution >= 4 is 29.2 Å². The molecule has 2 heterocycles. The number of amides is 2. The van der Waals surface area contributed by atoms with Crippen LogP contribution in [0.2, 0.25) is 10.0 Å². The summed E-state index contributed by atoms with van der Waals surface area (Å²) < 4.78 is 5.29. The highest BCUT2D eigenvalue weighted by Crippen LogP contribution is 2.26. The van der Waals surface area contributed by atoms with Gasteiger partial charge in [-0.1, -0.05) is 36.2 Å². The normalized spacial score (nSPS) is 15.4. The molecule has 7 nitrogen and oxygen atoms in total. The third-order valence-corrected chi connectivity index (χ3v) is 5.84. The summed E-state index contributed by atoms with van der Waals surface area (Å²) in [4.78, 5) is 23.7. The fraction of sp³-hybridized carbons (Fsp3) is 0.476. The topological polar surface area (TPSA) is 87.6 Å². The summed E-state index contributed by atoms with van der Waals surface area (Å²) in [6.45, 7) is 3.33. The van der Waals surface area contributed by atoms with Crippen LogP contribution in [0.5, 0.6) is 0 Å². The number of hydrogen-bond donors (Lipinski definition) is 2. The molecule has 2 N–H and O–H groups in total. The van der Waals surface area contributed by atoms with Crippen molar-refractivity contribution in [2.45, 2.75) is 32.4 Å². The minimum Gasteiger partial charge on any atom is -0.396 e. The van der Waals surface area contributed by atoms with Crippen LogP contribution in [-0.2, 0) is 24.1 Å². The first-order chi connectivity index (χ1) is 14.4. The zero-order valence-electron chi connectivity index (χ0n) is 17.1. The lowest BCUT2D eigenvalue weighted by Crippen LogP contribution is -2.45. The molecule has 0 unspecified atom stereocenters. The molecule has 2 amide bonds. The number of aliphatic hydroxyl groups is 1. The number of rotatable bonds is 7. The van der Waals surface area contributed by atoms with Crippen molar-refractivity contribution in [3.63, 3.8) is 0 Å². The zero-order chi connectivity index (χ0) is 21.7. The number of benzene rings is 1. The van der Waals surface area contributed by atoms with Crippen molar-refractivity contribution in [3.05, 3.63) is 57.1 Å². The van der Waals surface area contributed by atoms with Crippen molar-refractivity contribution in [3.8, 4) is 0 Å². The first kappa shape index (κ1) is 22.7. The standard InChI is InChI=1S/C21H26Cl2N4O3/c1-13(11-28)7-20-24-9-15-5-6-27(10-18(15)25-20)21(29)26-19(12-30-2)14-3-4-16(22)17(23)8-14/h3-4,8-9,13,19,28H,5-7,10-12H2,1-2H3,(H,26,29)/t13-,19-/m1/s1. The molecule has 9 heteroatoms. The summed E-state index contributed by atoms with van der Waals surface area (Å²) in [7, 11) is 1.58. The Bertz CT molecular complexity index is 897. The largest absolute Gasteiger partial charge is 0.396 e. The van der Waals surface area contributed by atoms with Crippen molar-refractivity contribution in [1.82, 2.24) is 20.2 Å². The van der Waals surface area contributed by atoms with E-state index in [1.807, 2.05) is 19.2 Å². The number of fused-ring (bicyclic) bond motifs is 1. The second kappa shape index (κ2) is 10.4. The molecule has 3 rings (SSSR count). The number of methoxy groups -OCH3 is 1. The highest BCUT2D eigenvalue weighted by molar-refractivity contribution is 6.42. The van der Waals surface area contributed by atoms with E-state index in [2.05, 4.69) is 15.3 Å². The van der Waals surface area contributed by atoms with Gasteiger partial charge >= 0.3 is 6.03 Å². The maximum atomic E-state index is 13.0. The highest BCUT2D eigenvalue weighted by atomic mass is 35.5. The number of nitrogens with one attached hydrogen (secondary N) is 1. The molecular weight excluding hydrogens is 427 g/mol. The molecule has 0 bridgehead atoms. The van der Waals surface area contributed by atoms with Crippen molar-refractivity contribution < 1.29 is 14.6 Å². The molecule has 0 saturated heterocycles. The summed E-state index contributed by atoms with van der Waals surface area (Å²) in [6, 6.07) is 4.71. The minimum atomic E-state index is -0.356. The average molecular weight is 453 g/mol. The van der Waals surface area contributed by atoms with E-state index in [1.54, 1.807) is 24.1 Å². The zero-order valence-corrected chi connectivity index (χ0v) is 18.6. The Morgan fingerprint density at radius 2 is 2.17 bits per heavy atom. The number of nitrogens with zero attached hydrogens (tertiary/aromatic N) is 3. The lowest BCUT2D eigenvalue weighted by atomic mass is 10.1. The van der Waals surface area contributed by atoms with E-state index in [0.717, 1.165) is 16.8 Å². The van der Waals surface area contributed by atoms with Crippen LogP contribution in [0.3, 0.4) is 0 Å². The van der Waals surface area contributed by atoms with Gasteiger partial charge in [0.15, 0.2) is 0 Å². The summed E-state index contributed by atoms with van der Waals surface area (Å²) in [5.74, 6) is 0.776. The molecule has 0 spiro atoms. The fourth-order valence-electron chi connectivity index (χ4n) is 3.35. The number of aromatic nitrogens is 2. The van der Waals surface area contributed by atoms with Crippen LogP contribution >= 0.6 is 23.2 Å². The Kier molecular flexibility index (Phi) is 7.88. The third-order valence-electron chi connectivity index (χ3n) is 5.10. The van der Waals surface area contributed by atoms with E-state index in [9.17, 15) is 9.90 Å². The van der Waals surface area contributed by atoms with Crippen LogP contribution in [0, 0.1) is 5.92 Å². The molecule has 2 aromatic rings. The Morgan fingerprint density at radius 3 is 2.87 bits per heavy atom. The quantitative estimate of drug-likeness (QED) is 0.671. The lowest BCUT2D eigenvalue weighted by Gasteiger charge is -2.30. The molecule has 0 aliphatic carbocycles. The van der Waals surface area contributed by atoms with E-state index in [4.69, 9.17) is 27.9 Å². The van der Waals surface area contributed by atoms with Crippen LogP contribution in [0.15, 0.2) is 24.4 Å². The van der Waals surface area contributed by atoms with E-state index < -0.39 is 0 Å². The first-order valence-corrected chi connectivity index (χ1v) is 10.6. The van der Waals surface area contributed by atoms with Crippen LogP contribution in [0.4, 0.5) is 4.79 Å². The van der Waals surface area contributed by atoms with Crippen LogP contribution < -0.4 is 5.32 Å². The molecule has 1 aliphatic heterocycles. The predicted octanol–water partition coefficient (Wildman–Crippen LogP) is 3.41. The van der Waals surface area contributed by atoms with Gasteiger partial charge in [0.2, 0.25) is 0 Å². The lowest BCUT2D eigenvalue weighted by molar-refractivity contribution is 0.152.